The molecule has 1 atom stereocenters. The van der Waals surface area contributed by atoms with Crippen LogP contribution in [0.25, 0.3) is 5.32 Å². The second-order valence-corrected chi connectivity index (χ2v) is 8.96. The minimum Gasteiger partial charge on any atom is -0.648 e. The van der Waals surface area contributed by atoms with Gasteiger partial charge in [-0.05, 0) is 37.7 Å². The first-order chi connectivity index (χ1) is 17.0. The van der Waals surface area contributed by atoms with E-state index in [1.165, 1.54) is 0 Å². The molecule has 1 saturated carbocycles. The third-order valence-electron chi connectivity index (χ3n) is 6.02. The first-order valence-corrected chi connectivity index (χ1v) is 12.6. The molecule has 0 spiro atoms. The van der Waals surface area contributed by atoms with E-state index in [-0.39, 0.29) is 103 Å². The molecular formula is C27H39N2O6Rb. The number of hydrogen-bond acceptors (Lipinski definition) is 6. The summed E-state index contributed by atoms with van der Waals surface area (Å²) in [4.78, 5) is 58.2. The van der Waals surface area contributed by atoms with Crippen molar-refractivity contribution in [3.8, 4) is 0 Å². The Morgan fingerprint density at radius 1 is 1.06 bits per heavy atom. The van der Waals surface area contributed by atoms with E-state index in [4.69, 9.17) is 4.74 Å². The number of unbranched alkanes of at least 4 members (excludes halogenated alkanes) is 3. The molecule has 36 heavy (non-hydrogen) atoms. The maximum Gasteiger partial charge on any atom is 1.00 e. The normalized spacial score (nSPS) is 15.0. The topological polar surface area (TPSA) is 121 Å². The molecule has 0 aromatic heterocycles. The molecule has 1 aromatic carbocycles. The minimum atomic E-state index is -0.449. The summed E-state index contributed by atoms with van der Waals surface area (Å²) in [6.45, 7) is 1.01. The quantitative estimate of drug-likeness (QED) is 0.168. The van der Waals surface area contributed by atoms with Crippen LogP contribution in [0.1, 0.15) is 76.8 Å². The smallest absolute Gasteiger partial charge is 0.648 e. The number of rotatable bonds is 17. The van der Waals surface area contributed by atoms with Crippen molar-refractivity contribution in [1.82, 2.24) is 5.32 Å². The Kier molecular flexibility index (Phi) is 18.3. The standard InChI is InChI=1S/C27H38N2O6.Rb.H2/c30-16-6-2-1-5-15-28-26(33)10-7-17-35-20-27(34)29-19-22-13-11-21(12-14-22)18-25(32)23-8-3-4-9-24(23)31;;/h11-14,16,23H,1-10,15,17-20H2,(H2,28,29,33,34);;1H/q;+1;/p-1. The van der Waals surface area contributed by atoms with Gasteiger partial charge in [-0.2, -0.15) is 0 Å². The van der Waals surface area contributed by atoms with Crippen LogP contribution in [0.3, 0.4) is 0 Å². The number of aldehydes is 1. The molecule has 194 valence electrons. The van der Waals surface area contributed by atoms with Gasteiger partial charge in [0.15, 0.2) is 0 Å². The fraction of sp³-hybridized carbons (Fsp3) is 0.593. The van der Waals surface area contributed by atoms with Crippen LogP contribution in [-0.4, -0.2) is 49.4 Å². The first-order valence-electron chi connectivity index (χ1n) is 12.6. The van der Waals surface area contributed by atoms with E-state index < -0.39 is 5.92 Å². The molecule has 1 unspecified atom stereocenters. The number of ketones is 2. The summed E-state index contributed by atoms with van der Waals surface area (Å²) in [5.41, 5.74) is 1.71. The molecule has 0 heterocycles. The van der Waals surface area contributed by atoms with Crippen molar-refractivity contribution in [2.75, 3.05) is 19.8 Å². The van der Waals surface area contributed by atoms with Crippen LogP contribution in [0, 0.1) is 5.92 Å². The van der Waals surface area contributed by atoms with Crippen LogP contribution in [-0.2, 0) is 41.7 Å². The Morgan fingerprint density at radius 3 is 2.53 bits per heavy atom. The maximum absolute atomic E-state index is 12.4. The number of carbonyl (C=O) groups is 5. The largest absolute Gasteiger partial charge is 1.00 e. The Labute approximate surface area is 264 Å². The summed E-state index contributed by atoms with van der Waals surface area (Å²) in [5, 5.41) is 6.82. The van der Waals surface area contributed by atoms with Gasteiger partial charge in [-0.25, -0.2) is 0 Å². The van der Waals surface area contributed by atoms with Crippen molar-refractivity contribution >= 4 is 29.7 Å². The van der Waals surface area contributed by atoms with Gasteiger partial charge in [0.1, 0.15) is 17.9 Å². The zero-order valence-electron chi connectivity index (χ0n) is 21.5. The minimum absolute atomic E-state index is 0. The van der Waals surface area contributed by atoms with E-state index in [2.05, 4.69) is 10.6 Å². The van der Waals surface area contributed by atoms with E-state index in [0.717, 1.165) is 49.5 Å². The van der Waals surface area contributed by atoms with Crippen LogP contribution < -0.4 is 63.5 Å². The van der Waals surface area contributed by atoms with Crippen LogP contribution >= 0.6 is 0 Å². The molecule has 1 fully saturated rings. The average Bonchev–Trinajstić information content (AvgIpc) is 2.85. The van der Waals surface area contributed by atoms with Gasteiger partial charge >= 0.3 is 58.2 Å². The second kappa shape index (κ2) is 20.0. The predicted octanol–water partition coefficient (Wildman–Crippen LogP) is 0.880. The Hall–Kier alpha value is -1.06. The Bertz CT molecular complexity index is 850. The van der Waals surface area contributed by atoms with Crippen LogP contribution in [0.2, 0.25) is 0 Å². The fourth-order valence-corrected chi connectivity index (χ4v) is 3.98. The van der Waals surface area contributed by atoms with Gasteiger partial charge < -0.3 is 25.0 Å². The molecule has 0 bridgehead atoms. The van der Waals surface area contributed by atoms with Crippen LogP contribution in [0.5, 0.6) is 0 Å². The molecule has 0 aliphatic heterocycles. The van der Waals surface area contributed by atoms with Gasteiger partial charge in [-0.3, -0.25) is 14.4 Å². The number of carbonyl (C=O) groups excluding carboxylic acids is 5. The summed E-state index contributed by atoms with van der Waals surface area (Å²) < 4.78 is 5.31. The summed E-state index contributed by atoms with van der Waals surface area (Å²) in [6, 6.07) is 7.36. The fourth-order valence-electron chi connectivity index (χ4n) is 3.98. The van der Waals surface area contributed by atoms with E-state index in [1.807, 2.05) is 24.3 Å². The van der Waals surface area contributed by atoms with E-state index in [0.29, 0.717) is 45.3 Å². The number of nitrogens with zero attached hydrogens (tertiary/aromatic N) is 1. The van der Waals surface area contributed by atoms with Gasteiger partial charge in [0, 0.05) is 40.3 Å². The molecule has 1 aliphatic carbocycles. The predicted molar refractivity (Wildman–Crippen MR) is 134 cm³/mol. The van der Waals surface area contributed by atoms with Crippen molar-refractivity contribution in [2.24, 2.45) is 5.92 Å². The molecule has 2 rings (SSSR count). The third kappa shape index (κ3) is 14.0. The van der Waals surface area contributed by atoms with E-state index in [9.17, 15) is 24.0 Å². The van der Waals surface area contributed by atoms with Crippen LogP contribution in [0.4, 0.5) is 0 Å². The monoisotopic (exact) mass is 572 g/mol. The SMILES string of the molecule is O=CCCCCCNC(=O)CCCOCC(=O)[N-]Cc1ccc(CC(=O)C2CCCCC2=O)cc1.[HH].[Rb+]. The summed E-state index contributed by atoms with van der Waals surface area (Å²) in [5.74, 6) is -0.798. The van der Waals surface area contributed by atoms with Crippen molar-refractivity contribution in [3.05, 3.63) is 40.7 Å². The summed E-state index contributed by atoms with van der Waals surface area (Å²) in [6.07, 6.45) is 8.19. The number of Topliss-reactive ketones (excluding diaryl/α,β-unsaturated/α-hetero) is 2. The van der Waals surface area contributed by atoms with Crippen molar-refractivity contribution in [3.63, 3.8) is 0 Å². The van der Waals surface area contributed by atoms with E-state index >= 15 is 0 Å². The van der Waals surface area contributed by atoms with Gasteiger partial charge in [-0.15, -0.1) is 6.54 Å². The maximum atomic E-state index is 12.4. The Morgan fingerprint density at radius 2 is 1.81 bits per heavy atom. The molecule has 0 radical (unpaired) electrons. The number of nitrogens with one attached hydrogen (secondary N) is 1. The van der Waals surface area contributed by atoms with Crippen molar-refractivity contribution in [1.29, 1.82) is 0 Å². The number of hydrogen-bond donors (Lipinski definition) is 1. The third-order valence-corrected chi connectivity index (χ3v) is 6.02. The number of ether oxygens (including phenoxy) is 1. The molecule has 8 nitrogen and oxygen atoms in total. The number of amides is 2. The van der Waals surface area contributed by atoms with Gasteiger partial charge in [0.2, 0.25) is 5.91 Å². The molecule has 9 heteroatoms. The van der Waals surface area contributed by atoms with E-state index in [1.54, 1.807) is 0 Å². The van der Waals surface area contributed by atoms with Crippen molar-refractivity contribution in [2.45, 2.75) is 77.2 Å². The first kappa shape index (κ1) is 33.0. The average molecular weight is 573 g/mol. The molecule has 1 N–H and O–H groups in total. The Balaban J connectivity index is 0.00000648. The zero-order valence-corrected chi connectivity index (χ0v) is 26.4. The molecule has 0 saturated heterocycles. The van der Waals surface area contributed by atoms with Crippen LogP contribution in [0.15, 0.2) is 24.3 Å². The number of benzene rings is 1. The summed E-state index contributed by atoms with van der Waals surface area (Å²) >= 11 is 0. The van der Waals surface area contributed by atoms with Gasteiger partial charge in [-0.1, -0.05) is 42.7 Å². The molecule has 2 amide bonds. The van der Waals surface area contributed by atoms with Gasteiger partial charge in [0.25, 0.3) is 0 Å². The summed E-state index contributed by atoms with van der Waals surface area (Å²) in [7, 11) is 0. The second-order valence-electron chi connectivity index (χ2n) is 8.96. The van der Waals surface area contributed by atoms with Gasteiger partial charge in [0.05, 0.1) is 18.4 Å². The molecule has 1 aromatic rings. The van der Waals surface area contributed by atoms with Crippen molar-refractivity contribution < 1.29 is 88.3 Å². The molecule has 1 aliphatic rings. The molecular weight excluding hydrogens is 534 g/mol. The zero-order chi connectivity index (χ0) is 25.3.